The second kappa shape index (κ2) is 8.74. The minimum absolute atomic E-state index is 0.0900. The van der Waals surface area contributed by atoms with E-state index in [1.807, 2.05) is 23.6 Å². The van der Waals surface area contributed by atoms with E-state index in [1.54, 1.807) is 12.1 Å². The van der Waals surface area contributed by atoms with Crippen LogP contribution in [-0.2, 0) is 17.9 Å². The fourth-order valence-electron chi connectivity index (χ4n) is 4.33. The Bertz CT molecular complexity index is 826. The smallest absolute Gasteiger partial charge is 0.230 e. The number of benzene rings is 1. The van der Waals surface area contributed by atoms with E-state index >= 15 is 0 Å². The van der Waals surface area contributed by atoms with Gasteiger partial charge in [0.1, 0.15) is 12.4 Å². The summed E-state index contributed by atoms with van der Waals surface area (Å²) in [5, 5.41) is 13.1. The lowest BCUT2D eigenvalue weighted by molar-refractivity contribution is -0.119. The number of nitrogens with one attached hydrogen (secondary N) is 1. The molecule has 0 spiro atoms. The second-order valence-electron chi connectivity index (χ2n) is 7.52. The molecule has 2 saturated carbocycles. The van der Waals surface area contributed by atoms with Gasteiger partial charge in [-0.2, -0.15) is 0 Å². The number of carbonyl (C=O) groups is 1. The molecule has 2 aliphatic rings. The lowest BCUT2D eigenvalue weighted by Gasteiger charge is -2.22. The molecule has 3 atom stereocenters. The first-order valence-corrected chi connectivity index (χ1v) is 11.2. The van der Waals surface area contributed by atoms with E-state index < -0.39 is 0 Å². The molecule has 4 rings (SSSR count). The summed E-state index contributed by atoms with van der Waals surface area (Å²) in [5.74, 6) is 3.45. The van der Waals surface area contributed by atoms with Crippen LogP contribution in [0.15, 0.2) is 29.4 Å². The number of amides is 1. The molecule has 2 bridgehead atoms. The van der Waals surface area contributed by atoms with Crippen LogP contribution >= 0.6 is 23.4 Å². The predicted octanol–water partition coefficient (Wildman–Crippen LogP) is 3.93. The molecule has 150 valence electrons. The third-order valence-corrected chi connectivity index (χ3v) is 6.93. The molecule has 28 heavy (non-hydrogen) atoms. The minimum Gasteiger partial charge on any atom is -0.486 e. The van der Waals surface area contributed by atoms with Crippen LogP contribution in [-0.4, -0.2) is 32.5 Å². The summed E-state index contributed by atoms with van der Waals surface area (Å²) in [6.45, 7) is 3.08. The fraction of sp³-hybridized carbons (Fsp3) is 0.550. The number of nitrogens with zero attached hydrogens (tertiary/aromatic N) is 3. The van der Waals surface area contributed by atoms with Crippen molar-refractivity contribution in [2.75, 3.05) is 5.75 Å². The van der Waals surface area contributed by atoms with Crippen molar-refractivity contribution >= 4 is 29.3 Å². The Hall–Kier alpha value is -1.73. The van der Waals surface area contributed by atoms with Gasteiger partial charge in [-0.1, -0.05) is 29.8 Å². The van der Waals surface area contributed by atoms with Gasteiger partial charge in [0.25, 0.3) is 0 Å². The number of carbonyl (C=O) groups excluding carboxylic acids is 1. The molecular formula is C20H25ClN4O2S. The van der Waals surface area contributed by atoms with Gasteiger partial charge in [0.2, 0.25) is 5.91 Å². The first kappa shape index (κ1) is 19.6. The zero-order chi connectivity index (χ0) is 19.5. The third kappa shape index (κ3) is 4.46. The van der Waals surface area contributed by atoms with E-state index in [2.05, 4.69) is 15.5 Å². The lowest BCUT2D eigenvalue weighted by Crippen LogP contribution is -2.39. The van der Waals surface area contributed by atoms with Crippen LogP contribution in [0.1, 0.15) is 38.4 Å². The molecule has 0 saturated heterocycles. The van der Waals surface area contributed by atoms with Crippen molar-refractivity contribution in [3.05, 3.63) is 35.1 Å². The summed E-state index contributed by atoms with van der Waals surface area (Å²) in [6, 6.07) is 7.60. The zero-order valence-electron chi connectivity index (χ0n) is 15.9. The van der Waals surface area contributed by atoms with E-state index in [4.69, 9.17) is 16.3 Å². The summed E-state index contributed by atoms with van der Waals surface area (Å²) in [4.78, 5) is 12.4. The maximum absolute atomic E-state index is 12.4. The number of rotatable bonds is 8. The normalized spacial score (nSPS) is 23.1. The highest BCUT2D eigenvalue weighted by Crippen LogP contribution is 2.44. The highest BCUT2D eigenvalue weighted by atomic mass is 35.5. The van der Waals surface area contributed by atoms with Crippen LogP contribution in [0.4, 0.5) is 0 Å². The Labute approximate surface area is 174 Å². The predicted molar refractivity (Wildman–Crippen MR) is 110 cm³/mol. The van der Waals surface area contributed by atoms with Gasteiger partial charge in [-0.05, 0) is 62.3 Å². The van der Waals surface area contributed by atoms with Crippen molar-refractivity contribution in [1.29, 1.82) is 0 Å². The molecule has 0 unspecified atom stereocenters. The standard InChI is InChI=1S/C20H25ClN4O2S/c1-2-25-18(11-27-16-7-5-15(21)6-8-16)23-24-20(25)28-12-19(26)22-17-10-13-3-4-14(17)9-13/h5-8,13-14,17H,2-4,9-12H2,1H3,(H,22,26)/t13-,14-,17+/m0/s1. The van der Waals surface area contributed by atoms with E-state index in [1.165, 1.54) is 31.0 Å². The SMILES string of the molecule is CCn1c(COc2ccc(Cl)cc2)nnc1SCC(=O)N[C@@H]1C[C@H]2CC[C@H]1C2. The van der Waals surface area contributed by atoms with E-state index in [0.717, 1.165) is 35.6 Å². The molecule has 1 N–H and O–H groups in total. The number of thioether (sulfide) groups is 1. The Balaban J connectivity index is 1.29. The summed E-state index contributed by atoms with van der Waals surface area (Å²) in [5.41, 5.74) is 0. The van der Waals surface area contributed by atoms with Gasteiger partial charge >= 0.3 is 0 Å². The molecule has 2 aliphatic carbocycles. The summed E-state index contributed by atoms with van der Waals surface area (Å²) < 4.78 is 7.77. The number of fused-ring (bicyclic) bond motifs is 2. The number of halogens is 1. The van der Waals surface area contributed by atoms with Gasteiger partial charge < -0.3 is 14.6 Å². The van der Waals surface area contributed by atoms with E-state index in [0.29, 0.717) is 29.3 Å². The first-order chi connectivity index (χ1) is 13.6. The Morgan fingerprint density at radius 2 is 2.11 bits per heavy atom. The van der Waals surface area contributed by atoms with Gasteiger partial charge in [0.15, 0.2) is 11.0 Å². The van der Waals surface area contributed by atoms with Crippen molar-refractivity contribution < 1.29 is 9.53 Å². The van der Waals surface area contributed by atoms with E-state index in [-0.39, 0.29) is 5.91 Å². The van der Waals surface area contributed by atoms with Gasteiger partial charge in [-0.3, -0.25) is 4.79 Å². The Morgan fingerprint density at radius 1 is 1.29 bits per heavy atom. The molecule has 1 amide bonds. The van der Waals surface area contributed by atoms with Gasteiger partial charge in [0.05, 0.1) is 5.75 Å². The average Bonchev–Trinajstić information content (AvgIpc) is 3.41. The number of hydrogen-bond donors (Lipinski definition) is 1. The molecule has 2 aromatic rings. The molecular weight excluding hydrogens is 396 g/mol. The molecule has 1 aromatic heterocycles. The lowest BCUT2D eigenvalue weighted by atomic mass is 9.95. The maximum Gasteiger partial charge on any atom is 0.230 e. The van der Waals surface area contributed by atoms with Crippen LogP contribution in [0.25, 0.3) is 0 Å². The molecule has 0 aliphatic heterocycles. The summed E-state index contributed by atoms with van der Waals surface area (Å²) >= 11 is 7.33. The van der Waals surface area contributed by atoms with Crippen molar-refractivity contribution in [3.63, 3.8) is 0 Å². The van der Waals surface area contributed by atoms with Crippen LogP contribution in [0.2, 0.25) is 5.02 Å². The third-order valence-electron chi connectivity index (χ3n) is 5.71. The van der Waals surface area contributed by atoms with Crippen molar-refractivity contribution in [2.45, 2.75) is 57.0 Å². The van der Waals surface area contributed by atoms with Crippen molar-refractivity contribution in [3.8, 4) is 5.75 Å². The topological polar surface area (TPSA) is 69.0 Å². The van der Waals surface area contributed by atoms with Gasteiger partial charge in [0, 0.05) is 17.6 Å². The molecule has 1 heterocycles. The van der Waals surface area contributed by atoms with Crippen LogP contribution in [0.5, 0.6) is 5.75 Å². The van der Waals surface area contributed by atoms with Crippen LogP contribution in [0.3, 0.4) is 0 Å². The summed E-state index contributed by atoms with van der Waals surface area (Å²) in [7, 11) is 0. The fourth-order valence-corrected chi connectivity index (χ4v) is 5.29. The number of aromatic nitrogens is 3. The Kier molecular flexibility index (Phi) is 6.11. The van der Waals surface area contributed by atoms with Gasteiger partial charge in [-0.25, -0.2) is 0 Å². The highest BCUT2D eigenvalue weighted by molar-refractivity contribution is 7.99. The monoisotopic (exact) mass is 420 g/mol. The van der Waals surface area contributed by atoms with E-state index in [9.17, 15) is 4.79 Å². The van der Waals surface area contributed by atoms with Crippen molar-refractivity contribution in [1.82, 2.24) is 20.1 Å². The minimum atomic E-state index is 0.0900. The number of ether oxygens (including phenoxy) is 1. The highest BCUT2D eigenvalue weighted by Gasteiger charge is 2.40. The van der Waals surface area contributed by atoms with Gasteiger partial charge in [-0.15, -0.1) is 10.2 Å². The second-order valence-corrected chi connectivity index (χ2v) is 8.90. The van der Waals surface area contributed by atoms with Crippen molar-refractivity contribution in [2.24, 2.45) is 11.8 Å². The first-order valence-electron chi connectivity index (χ1n) is 9.85. The molecule has 1 aromatic carbocycles. The molecule has 6 nitrogen and oxygen atoms in total. The maximum atomic E-state index is 12.4. The molecule has 0 radical (unpaired) electrons. The van der Waals surface area contributed by atoms with Crippen LogP contribution in [0, 0.1) is 11.8 Å². The molecule has 2 fully saturated rings. The summed E-state index contributed by atoms with van der Waals surface area (Å²) in [6.07, 6.45) is 5.05. The number of hydrogen-bond acceptors (Lipinski definition) is 5. The molecule has 8 heteroatoms. The van der Waals surface area contributed by atoms with Crippen LogP contribution < -0.4 is 10.1 Å². The quantitative estimate of drug-likeness (QED) is 0.655. The average molecular weight is 421 g/mol. The zero-order valence-corrected chi connectivity index (χ0v) is 17.5. The largest absolute Gasteiger partial charge is 0.486 e. The Morgan fingerprint density at radius 3 is 2.79 bits per heavy atom.